The molecule has 1 fully saturated rings. The van der Waals surface area contributed by atoms with Gasteiger partial charge in [0.15, 0.2) is 5.89 Å². The first kappa shape index (κ1) is 11.3. The van der Waals surface area contributed by atoms with E-state index in [2.05, 4.69) is 9.97 Å². The first-order chi connectivity index (χ1) is 8.63. The van der Waals surface area contributed by atoms with Gasteiger partial charge in [-0.05, 0) is 17.7 Å². The molecule has 0 spiro atoms. The van der Waals surface area contributed by atoms with Gasteiger partial charge in [-0.1, -0.05) is 0 Å². The zero-order valence-electron chi connectivity index (χ0n) is 9.64. The molecule has 0 aromatic carbocycles. The van der Waals surface area contributed by atoms with Gasteiger partial charge in [-0.25, -0.2) is 13.8 Å². The van der Waals surface area contributed by atoms with Crippen LogP contribution < -0.4 is 0 Å². The molecule has 0 saturated heterocycles. The van der Waals surface area contributed by atoms with Gasteiger partial charge >= 0.3 is 0 Å². The third-order valence-corrected chi connectivity index (χ3v) is 3.11. The maximum absolute atomic E-state index is 12.8. The summed E-state index contributed by atoms with van der Waals surface area (Å²) in [6.07, 6.45) is 5.77. The van der Waals surface area contributed by atoms with E-state index in [0.717, 1.165) is 11.3 Å². The Balaban J connectivity index is 1.63. The van der Waals surface area contributed by atoms with Crippen LogP contribution in [0, 0.1) is 5.92 Å². The SMILES string of the molecule is FC1(F)CC1Cc1nc(Cc2ccncc2)co1. The average Bonchev–Trinajstić information content (AvgIpc) is 2.73. The van der Waals surface area contributed by atoms with Crippen LogP contribution in [0.15, 0.2) is 35.2 Å². The van der Waals surface area contributed by atoms with Crippen molar-refractivity contribution >= 4 is 0 Å². The molecule has 1 unspecified atom stereocenters. The third kappa shape index (κ3) is 2.39. The molecule has 0 N–H and O–H groups in total. The molecule has 0 bridgehead atoms. The van der Waals surface area contributed by atoms with Gasteiger partial charge in [0.2, 0.25) is 0 Å². The molecular weight excluding hydrogens is 238 g/mol. The quantitative estimate of drug-likeness (QED) is 0.837. The lowest BCUT2D eigenvalue weighted by Crippen LogP contribution is -1.98. The molecule has 3 rings (SSSR count). The summed E-state index contributed by atoms with van der Waals surface area (Å²) in [6.45, 7) is 0. The highest BCUT2D eigenvalue weighted by Crippen LogP contribution is 2.50. The van der Waals surface area contributed by atoms with Crippen molar-refractivity contribution < 1.29 is 13.2 Å². The van der Waals surface area contributed by atoms with Crippen LogP contribution in [0.3, 0.4) is 0 Å². The minimum atomic E-state index is -2.51. The smallest absolute Gasteiger partial charge is 0.252 e. The second-order valence-corrected chi connectivity index (χ2v) is 4.63. The summed E-state index contributed by atoms with van der Waals surface area (Å²) in [6, 6.07) is 3.78. The summed E-state index contributed by atoms with van der Waals surface area (Å²) in [5.74, 6) is -2.70. The molecular formula is C13H12F2N2O. The molecule has 1 atom stereocenters. The minimum Gasteiger partial charge on any atom is -0.449 e. The third-order valence-electron chi connectivity index (χ3n) is 3.11. The van der Waals surface area contributed by atoms with E-state index in [4.69, 9.17) is 4.42 Å². The van der Waals surface area contributed by atoms with Gasteiger partial charge in [0.05, 0.1) is 5.69 Å². The summed E-state index contributed by atoms with van der Waals surface area (Å²) in [7, 11) is 0. The van der Waals surface area contributed by atoms with Crippen LogP contribution >= 0.6 is 0 Å². The fourth-order valence-corrected chi connectivity index (χ4v) is 1.94. The normalized spacial score (nSPS) is 20.9. The monoisotopic (exact) mass is 250 g/mol. The van der Waals surface area contributed by atoms with Crippen LogP contribution in [0.4, 0.5) is 8.78 Å². The van der Waals surface area contributed by atoms with Crippen molar-refractivity contribution in [2.24, 2.45) is 5.92 Å². The van der Waals surface area contributed by atoms with Gasteiger partial charge < -0.3 is 4.42 Å². The molecule has 18 heavy (non-hydrogen) atoms. The highest BCUT2D eigenvalue weighted by molar-refractivity contribution is 5.17. The van der Waals surface area contributed by atoms with Crippen molar-refractivity contribution in [1.29, 1.82) is 0 Å². The van der Waals surface area contributed by atoms with Gasteiger partial charge in [0.1, 0.15) is 6.26 Å². The van der Waals surface area contributed by atoms with E-state index in [-0.39, 0.29) is 12.8 Å². The van der Waals surface area contributed by atoms with Gasteiger partial charge in [0.25, 0.3) is 5.92 Å². The Morgan fingerprint density at radius 2 is 2.06 bits per heavy atom. The molecule has 3 nitrogen and oxygen atoms in total. The van der Waals surface area contributed by atoms with Crippen LogP contribution in [0.2, 0.25) is 0 Å². The predicted octanol–water partition coefficient (Wildman–Crippen LogP) is 2.86. The van der Waals surface area contributed by atoms with E-state index in [1.165, 1.54) is 6.26 Å². The lowest BCUT2D eigenvalue weighted by molar-refractivity contribution is 0.0974. The van der Waals surface area contributed by atoms with Crippen molar-refractivity contribution in [1.82, 2.24) is 9.97 Å². The maximum atomic E-state index is 12.8. The Morgan fingerprint density at radius 1 is 1.33 bits per heavy atom. The summed E-state index contributed by atoms with van der Waals surface area (Å²) in [5.41, 5.74) is 1.83. The average molecular weight is 250 g/mol. The number of hydrogen-bond donors (Lipinski definition) is 0. The van der Waals surface area contributed by atoms with Crippen molar-refractivity contribution in [2.75, 3.05) is 0 Å². The lowest BCUT2D eigenvalue weighted by atomic mass is 10.2. The number of hydrogen-bond acceptors (Lipinski definition) is 3. The van der Waals surface area contributed by atoms with Crippen LogP contribution in [0.25, 0.3) is 0 Å². The molecule has 1 aliphatic carbocycles. The van der Waals surface area contributed by atoms with Crippen LogP contribution in [0.1, 0.15) is 23.6 Å². The molecule has 0 aliphatic heterocycles. The van der Waals surface area contributed by atoms with Crippen molar-refractivity contribution in [2.45, 2.75) is 25.2 Å². The topological polar surface area (TPSA) is 38.9 Å². The fraction of sp³-hybridized carbons (Fsp3) is 0.385. The lowest BCUT2D eigenvalue weighted by Gasteiger charge is -1.95. The van der Waals surface area contributed by atoms with Crippen molar-refractivity contribution in [3.05, 3.63) is 47.9 Å². The van der Waals surface area contributed by atoms with Crippen molar-refractivity contribution in [3.8, 4) is 0 Å². The molecule has 2 aromatic heterocycles. The van der Waals surface area contributed by atoms with Crippen molar-refractivity contribution in [3.63, 3.8) is 0 Å². The van der Waals surface area contributed by atoms with E-state index >= 15 is 0 Å². The molecule has 94 valence electrons. The first-order valence-electron chi connectivity index (χ1n) is 5.83. The largest absolute Gasteiger partial charge is 0.449 e. The molecule has 2 heterocycles. The zero-order chi connectivity index (χ0) is 12.6. The standard InChI is InChI=1S/C13H12F2N2O/c14-13(15)7-10(13)6-12-17-11(8-18-12)5-9-1-3-16-4-2-9/h1-4,8,10H,5-7H2. The summed E-state index contributed by atoms with van der Waals surface area (Å²) in [5, 5.41) is 0. The highest BCUT2D eigenvalue weighted by Gasteiger charge is 2.57. The highest BCUT2D eigenvalue weighted by atomic mass is 19.3. The summed E-state index contributed by atoms with van der Waals surface area (Å²) >= 11 is 0. The van der Waals surface area contributed by atoms with Crippen LogP contribution in [-0.2, 0) is 12.8 Å². The van der Waals surface area contributed by atoms with E-state index < -0.39 is 11.8 Å². The molecule has 1 saturated carbocycles. The Kier molecular flexibility index (Phi) is 2.61. The maximum Gasteiger partial charge on any atom is 0.252 e. The number of pyridine rings is 1. The Bertz CT molecular complexity index is 539. The second-order valence-electron chi connectivity index (χ2n) is 4.63. The molecule has 2 aromatic rings. The molecule has 0 amide bonds. The number of oxazole rings is 1. The Labute approximate surface area is 103 Å². The van der Waals surface area contributed by atoms with E-state index in [1.54, 1.807) is 12.4 Å². The Hall–Kier alpha value is -1.78. The second kappa shape index (κ2) is 4.15. The summed E-state index contributed by atoms with van der Waals surface area (Å²) < 4.78 is 30.7. The van der Waals surface area contributed by atoms with E-state index in [9.17, 15) is 8.78 Å². The predicted molar refractivity (Wildman–Crippen MR) is 60.3 cm³/mol. The molecule has 5 heteroatoms. The van der Waals surface area contributed by atoms with Gasteiger partial charge in [-0.2, -0.15) is 0 Å². The zero-order valence-corrected chi connectivity index (χ0v) is 9.64. The van der Waals surface area contributed by atoms with Gasteiger partial charge in [0, 0.05) is 37.6 Å². The van der Waals surface area contributed by atoms with E-state index in [0.29, 0.717) is 12.3 Å². The van der Waals surface area contributed by atoms with Gasteiger partial charge in [-0.15, -0.1) is 0 Å². The molecule has 1 aliphatic rings. The number of rotatable bonds is 4. The minimum absolute atomic E-state index is 0.0466. The Morgan fingerprint density at radius 3 is 2.72 bits per heavy atom. The number of alkyl halides is 2. The first-order valence-corrected chi connectivity index (χ1v) is 5.83. The van der Waals surface area contributed by atoms with Gasteiger partial charge in [-0.3, -0.25) is 4.98 Å². The number of halogens is 2. The molecule has 0 radical (unpaired) electrons. The van der Waals surface area contributed by atoms with Crippen LogP contribution in [-0.4, -0.2) is 15.9 Å². The fourth-order valence-electron chi connectivity index (χ4n) is 1.94. The summed E-state index contributed by atoms with van der Waals surface area (Å²) in [4.78, 5) is 8.16. The van der Waals surface area contributed by atoms with E-state index in [1.807, 2.05) is 12.1 Å². The number of aromatic nitrogens is 2. The number of nitrogens with zero attached hydrogens (tertiary/aromatic N) is 2. The van der Waals surface area contributed by atoms with Crippen LogP contribution in [0.5, 0.6) is 0 Å².